The number of nitriles is 1. The van der Waals surface area contributed by atoms with Gasteiger partial charge in [-0.2, -0.15) is 5.26 Å². The molecule has 1 N–H and O–H groups in total. The number of benzene rings is 2. The number of hydrogen-bond acceptors (Lipinski definition) is 5. The van der Waals surface area contributed by atoms with Crippen LogP contribution in [0.15, 0.2) is 47.4 Å². The number of amides is 1. The monoisotopic (exact) mass is 374 g/mol. The fourth-order valence-electron chi connectivity index (χ4n) is 2.01. The van der Waals surface area contributed by atoms with Crippen LogP contribution >= 0.6 is 23.4 Å². The van der Waals surface area contributed by atoms with Crippen molar-refractivity contribution in [2.24, 2.45) is 0 Å². The number of nitrogens with zero attached hydrogens (tertiary/aromatic N) is 1. The van der Waals surface area contributed by atoms with E-state index in [9.17, 15) is 9.59 Å². The first-order valence-electron chi connectivity index (χ1n) is 7.30. The van der Waals surface area contributed by atoms with Gasteiger partial charge in [-0.15, -0.1) is 11.8 Å². The Morgan fingerprint density at radius 1 is 1.28 bits per heavy atom. The van der Waals surface area contributed by atoms with E-state index >= 15 is 0 Å². The second-order valence-corrected chi connectivity index (χ2v) is 6.90. The van der Waals surface area contributed by atoms with E-state index in [1.165, 1.54) is 18.9 Å². The highest BCUT2D eigenvalue weighted by molar-refractivity contribution is 8.00. The third kappa shape index (κ3) is 4.99. The lowest BCUT2D eigenvalue weighted by atomic mass is 10.2. The number of halogens is 1. The number of carbonyl (C=O) groups excluding carboxylic acids is 2. The lowest BCUT2D eigenvalue weighted by Crippen LogP contribution is -2.22. The van der Waals surface area contributed by atoms with E-state index in [2.05, 4.69) is 10.1 Å². The van der Waals surface area contributed by atoms with Gasteiger partial charge in [-0.25, -0.2) is 4.79 Å². The molecule has 25 heavy (non-hydrogen) atoms. The largest absolute Gasteiger partial charge is 0.465 e. The van der Waals surface area contributed by atoms with Crippen molar-refractivity contribution in [3.8, 4) is 6.07 Å². The quantitative estimate of drug-likeness (QED) is 0.629. The Morgan fingerprint density at radius 2 is 2.04 bits per heavy atom. The highest BCUT2D eigenvalue weighted by atomic mass is 35.5. The Kier molecular flexibility index (Phi) is 6.45. The second kappa shape index (κ2) is 8.56. The summed E-state index contributed by atoms with van der Waals surface area (Å²) < 4.78 is 4.69. The van der Waals surface area contributed by atoms with Crippen LogP contribution in [-0.4, -0.2) is 24.2 Å². The van der Waals surface area contributed by atoms with Crippen LogP contribution in [0.5, 0.6) is 0 Å². The fraction of sp³-hybridized carbons (Fsp3) is 0.167. The van der Waals surface area contributed by atoms with Crippen LogP contribution in [0.3, 0.4) is 0 Å². The van der Waals surface area contributed by atoms with E-state index in [4.69, 9.17) is 16.9 Å². The average Bonchev–Trinajstić information content (AvgIpc) is 2.62. The number of esters is 1. The topological polar surface area (TPSA) is 79.2 Å². The van der Waals surface area contributed by atoms with Crippen molar-refractivity contribution in [2.75, 3.05) is 12.4 Å². The molecule has 0 spiro atoms. The molecule has 1 atom stereocenters. The maximum atomic E-state index is 12.3. The zero-order valence-corrected chi connectivity index (χ0v) is 15.1. The summed E-state index contributed by atoms with van der Waals surface area (Å²) in [5, 5.41) is 11.5. The smallest absolute Gasteiger partial charge is 0.339 e. The summed E-state index contributed by atoms with van der Waals surface area (Å²) in [6.07, 6.45) is 0. The van der Waals surface area contributed by atoms with Crippen LogP contribution < -0.4 is 5.32 Å². The predicted molar refractivity (Wildman–Crippen MR) is 97.9 cm³/mol. The molecule has 0 saturated heterocycles. The Hall–Kier alpha value is -2.49. The summed E-state index contributed by atoms with van der Waals surface area (Å²) in [5.41, 5.74) is 1.28. The molecule has 0 aliphatic heterocycles. The Balaban J connectivity index is 2.08. The number of thioether (sulfide) groups is 1. The molecule has 2 rings (SSSR count). The van der Waals surface area contributed by atoms with Crippen LogP contribution in [0.1, 0.15) is 22.8 Å². The van der Waals surface area contributed by atoms with Crippen molar-refractivity contribution >= 4 is 40.9 Å². The molecule has 2 aromatic rings. The molecule has 0 heterocycles. The highest BCUT2D eigenvalue weighted by Gasteiger charge is 2.17. The summed E-state index contributed by atoms with van der Waals surface area (Å²) in [6, 6.07) is 13.6. The first-order chi connectivity index (χ1) is 11.9. The lowest BCUT2D eigenvalue weighted by molar-refractivity contribution is -0.115. The molecule has 128 valence electrons. The van der Waals surface area contributed by atoms with Gasteiger partial charge in [0.1, 0.15) is 0 Å². The zero-order chi connectivity index (χ0) is 18.4. The number of hydrogen-bond donors (Lipinski definition) is 1. The maximum Gasteiger partial charge on any atom is 0.339 e. The molecule has 0 aliphatic carbocycles. The van der Waals surface area contributed by atoms with E-state index in [1.54, 1.807) is 49.4 Å². The molecule has 0 bridgehead atoms. The van der Waals surface area contributed by atoms with E-state index < -0.39 is 11.2 Å². The van der Waals surface area contributed by atoms with Crippen molar-refractivity contribution in [1.29, 1.82) is 5.26 Å². The van der Waals surface area contributed by atoms with Gasteiger partial charge in [0.05, 0.1) is 34.6 Å². The minimum Gasteiger partial charge on any atom is -0.465 e. The number of ether oxygens (including phenoxy) is 1. The normalized spacial score (nSPS) is 11.3. The minimum atomic E-state index is -0.530. The summed E-state index contributed by atoms with van der Waals surface area (Å²) >= 11 is 7.28. The van der Waals surface area contributed by atoms with Gasteiger partial charge >= 0.3 is 5.97 Å². The third-order valence-electron chi connectivity index (χ3n) is 3.28. The molecular formula is C18H15ClN2O3S. The van der Waals surface area contributed by atoms with Crippen LogP contribution in [-0.2, 0) is 9.53 Å². The van der Waals surface area contributed by atoms with Crippen LogP contribution in [0.2, 0.25) is 5.02 Å². The van der Waals surface area contributed by atoms with Gasteiger partial charge in [-0.3, -0.25) is 4.79 Å². The van der Waals surface area contributed by atoms with Crippen LogP contribution in [0.4, 0.5) is 5.69 Å². The fourth-order valence-corrected chi connectivity index (χ4v) is 3.11. The summed E-state index contributed by atoms with van der Waals surface area (Å²) in [5.74, 6) is -0.743. The molecule has 1 amide bonds. The molecular weight excluding hydrogens is 360 g/mol. The zero-order valence-electron chi connectivity index (χ0n) is 13.6. The van der Waals surface area contributed by atoms with Gasteiger partial charge in [0.25, 0.3) is 0 Å². The van der Waals surface area contributed by atoms with Crippen molar-refractivity contribution < 1.29 is 14.3 Å². The summed E-state index contributed by atoms with van der Waals surface area (Å²) in [4.78, 5) is 24.7. The summed E-state index contributed by atoms with van der Waals surface area (Å²) in [6.45, 7) is 1.75. The number of nitrogens with one attached hydrogen (secondary N) is 1. The highest BCUT2D eigenvalue weighted by Crippen LogP contribution is 2.28. The number of anilines is 1. The van der Waals surface area contributed by atoms with Gasteiger partial charge in [0.15, 0.2) is 0 Å². The Labute approximate surface area is 154 Å². The van der Waals surface area contributed by atoms with Crippen LogP contribution in [0.25, 0.3) is 0 Å². The molecule has 2 aromatic carbocycles. The predicted octanol–water partition coefficient (Wildman–Crippen LogP) is 4.12. The van der Waals surface area contributed by atoms with Crippen molar-refractivity contribution in [3.63, 3.8) is 0 Å². The second-order valence-electron chi connectivity index (χ2n) is 5.08. The molecule has 0 aromatic heterocycles. The van der Waals surface area contributed by atoms with Gasteiger partial charge in [-0.1, -0.05) is 17.7 Å². The molecule has 0 aliphatic rings. The number of rotatable bonds is 5. The Morgan fingerprint density at radius 3 is 2.72 bits per heavy atom. The lowest BCUT2D eigenvalue weighted by Gasteiger charge is -2.13. The van der Waals surface area contributed by atoms with Gasteiger partial charge in [-0.05, 0) is 43.3 Å². The molecule has 7 heteroatoms. The molecule has 0 radical (unpaired) electrons. The SMILES string of the molecule is COC(=O)c1cc(SC(C)C(=O)Nc2cccc(C#N)c2)ccc1Cl. The van der Waals surface area contributed by atoms with Crippen molar-refractivity contribution in [2.45, 2.75) is 17.1 Å². The van der Waals surface area contributed by atoms with Crippen molar-refractivity contribution in [1.82, 2.24) is 0 Å². The molecule has 0 fully saturated rings. The van der Waals surface area contributed by atoms with Gasteiger partial charge in [0, 0.05) is 10.6 Å². The minimum absolute atomic E-state index is 0.213. The molecule has 5 nitrogen and oxygen atoms in total. The third-order valence-corrected chi connectivity index (χ3v) is 4.71. The first-order valence-corrected chi connectivity index (χ1v) is 8.56. The van der Waals surface area contributed by atoms with E-state index in [0.717, 1.165) is 4.90 Å². The number of methoxy groups -OCH3 is 1. The Bertz CT molecular complexity index is 848. The van der Waals surface area contributed by atoms with Crippen LogP contribution in [0, 0.1) is 11.3 Å². The average molecular weight is 375 g/mol. The van der Waals surface area contributed by atoms with Gasteiger partial charge in [0.2, 0.25) is 5.91 Å². The summed E-state index contributed by atoms with van der Waals surface area (Å²) in [7, 11) is 1.28. The molecule has 1 unspecified atom stereocenters. The van der Waals surface area contributed by atoms with E-state index in [-0.39, 0.29) is 11.5 Å². The van der Waals surface area contributed by atoms with Crippen molar-refractivity contribution in [3.05, 3.63) is 58.6 Å². The first kappa shape index (κ1) is 18.8. The maximum absolute atomic E-state index is 12.3. The van der Waals surface area contributed by atoms with Gasteiger partial charge < -0.3 is 10.1 Å². The van der Waals surface area contributed by atoms with E-state index in [0.29, 0.717) is 16.3 Å². The molecule has 0 saturated carbocycles. The van der Waals surface area contributed by atoms with E-state index in [1.807, 2.05) is 6.07 Å². The number of carbonyl (C=O) groups is 2. The standard InChI is InChI=1S/C18H15ClN2O3S/c1-11(17(22)21-13-5-3-4-12(8-13)10-20)25-14-6-7-16(19)15(9-14)18(23)24-2/h3-9,11H,1-2H3,(H,21,22).